The molecular weight excluding hydrogens is 260 g/mol. The number of aryl methyl sites for hydroxylation is 1. The Kier molecular flexibility index (Phi) is 6.11. The molecule has 0 aliphatic carbocycles. The van der Waals surface area contributed by atoms with Crippen LogP contribution in [0.15, 0.2) is 0 Å². The van der Waals surface area contributed by atoms with Crippen molar-refractivity contribution >= 4 is 23.0 Å². The van der Waals surface area contributed by atoms with E-state index in [0.29, 0.717) is 17.4 Å². The van der Waals surface area contributed by atoms with E-state index in [4.69, 9.17) is 22.7 Å². The molecule has 0 spiro atoms. The minimum atomic E-state index is 0.115. The molecule has 3 N–H and O–H groups in total. The average molecular weight is 282 g/mol. The van der Waals surface area contributed by atoms with E-state index in [1.807, 2.05) is 13.8 Å². The summed E-state index contributed by atoms with van der Waals surface area (Å²) >= 11 is 5.17. The first-order valence-corrected chi connectivity index (χ1v) is 6.89. The number of hydrogen-bond donors (Lipinski definition) is 2. The quantitative estimate of drug-likeness (QED) is 0.741. The molecule has 0 amide bonds. The van der Waals surface area contributed by atoms with Crippen molar-refractivity contribution in [2.24, 2.45) is 5.73 Å². The normalized spacial score (nSPS) is 12.2. The summed E-state index contributed by atoms with van der Waals surface area (Å²) in [7, 11) is 1.66. The fraction of sp³-hybridized carbons (Fsp3) is 0.615. The van der Waals surface area contributed by atoms with Crippen molar-refractivity contribution in [2.75, 3.05) is 19.0 Å². The lowest BCUT2D eigenvalue weighted by Gasteiger charge is -2.18. The summed E-state index contributed by atoms with van der Waals surface area (Å²) in [6.45, 7) is 6.71. The first kappa shape index (κ1) is 15.8. The molecule has 106 valence electrons. The Morgan fingerprint density at radius 1 is 1.37 bits per heavy atom. The minimum absolute atomic E-state index is 0.115. The molecular formula is C13H22N4OS. The predicted octanol–water partition coefficient (Wildman–Crippen LogP) is 1.68. The van der Waals surface area contributed by atoms with E-state index in [2.05, 4.69) is 22.4 Å². The zero-order valence-electron chi connectivity index (χ0n) is 12.0. The molecule has 0 aliphatic heterocycles. The van der Waals surface area contributed by atoms with E-state index in [1.165, 1.54) is 0 Å². The molecule has 6 heteroatoms. The first-order valence-electron chi connectivity index (χ1n) is 6.48. The second-order valence-corrected chi connectivity index (χ2v) is 4.86. The molecule has 1 heterocycles. The van der Waals surface area contributed by atoms with Crippen LogP contribution in [0.4, 0.5) is 5.82 Å². The highest BCUT2D eigenvalue weighted by atomic mass is 32.1. The van der Waals surface area contributed by atoms with E-state index in [0.717, 1.165) is 29.7 Å². The van der Waals surface area contributed by atoms with Gasteiger partial charge in [0.05, 0.1) is 17.9 Å². The fourth-order valence-corrected chi connectivity index (χ4v) is 2.28. The SMILES string of the molecule is CCc1nnc(NC(C)COC)c(C(N)=S)c1CC. The van der Waals surface area contributed by atoms with Gasteiger partial charge in [-0.25, -0.2) is 0 Å². The van der Waals surface area contributed by atoms with Gasteiger partial charge in [0.1, 0.15) is 4.99 Å². The van der Waals surface area contributed by atoms with Crippen molar-refractivity contribution < 1.29 is 4.74 Å². The first-order chi connectivity index (χ1) is 9.04. The summed E-state index contributed by atoms with van der Waals surface area (Å²) in [5.74, 6) is 0.645. The molecule has 0 fully saturated rings. The highest BCUT2D eigenvalue weighted by molar-refractivity contribution is 7.80. The summed E-state index contributed by atoms with van der Waals surface area (Å²) in [5, 5.41) is 11.7. The number of nitrogens with two attached hydrogens (primary N) is 1. The Balaban J connectivity index is 3.20. The Bertz CT molecular complexity index is 451. The van der Waals surface area contributed by atoms with Crippen LogP contribution in [-0.2, 0) is 17.6 Å². The number of aromatic nitrogens is 2. The topological polar surface area (TPSA) is 73.1 Å². The lowest BCUT2D eigenvalue weighted by Crippen LogP contribution is -2.26. The molecule has 0 radical (unpaired) electrons. The smallest absolute Gasteiger partial charge is 0.159 e. The van der Waals surface area contributed by atoms with Gasteiger partial charge in [-0.2, -0.15) is 5.10 Å². The van der Waals surface area contributed by atoms with Crippen molar-refractivity contribution in [2.45, 2.75) is 39.7 Å². The predicted molar refractivity (Wildman–Crippen MR) is 81.6 cm³/mol. The molecule has 1 unspecified atom stereocenters. The molecule has 5 nitrogen and oxygen atoms in total. The van der Waals surface area contributed by atoms with Crippen LogP contribution in [0.5, 0.6) is 0 Å². The van der Waals surface area contributed by atoms with E-state index in [1.54, 1.807) is 7.11 Å². The molecule has 1 rings (SSSR count). The van der Waals surface area contributed by atoms with E-state index < -0.39 is 0 Å². The number of nitrogens with one attached hydrogen (secondary N) is 1. The van der Waals surface area contributed by atoms with Gasteiger partial charge in [-0.05, 0) is 25.3 Å². The monoisotopic (exact) mass is 282 g/mol. The number of ether oxygens (including phenoxy) is 1. The van der Waals surface area contributed by atoms with Crippen LogP contribution in [0.1, 0.15) is 37.6 Å². The zero-order valence-corrected chi connectivity index (χ0v) is 12.8. The number of hydrogen-bond acceptors (Lipinski definition) is 5. The van der Waals surface area contributed by atoms with Gasteiger partial charge in [0.25, 0.3) is 0 Å². The van der Waals surface area contributed by atoms with Crippen molar-refractivity contribution in [1.29, 1.82) is 0 Å². The summed E-state index contributed by atoms with van der Waals surface area (Å²) < 4.78 is 5.10. The third-order valence-corrected chi connectivity index (χ3v) is 3.10. The Morgan fingerprint density at radius 2 is 2.05 bits per heavy atom. The molecule has 1 atom stereocenters. The fourth-order valence-electron chi connectivity index (χ4n) is 2.06. The van der Waals surface area contributed by atoms with E-state index in [-0.39, 0.29) is 6.04 Å². The summed E-state index contributed by atoms with van der Waals surface area (Å²) in [6, 6.07) is 0.115. The van der Waals surface area contributed by atoms with Gasteiger partial charge < -0.3 is 15.8 Å². The number of thiocarbonyl (C=S) groups is 1. The van der Waals surface area contributed by atoms with Gasteiger partial charge in [-0.1, -0.05) is 26.1 Å². The minimum Gasteiger partial charge on any atom is -0.389 e. The maximum Gasteiger partial charge on any atom is 0.159 e. The summed E-state index contributed by atoms with van der Waals surface area (Å²) in [4.78, 5) is 0.355. The summed E-state index contributed by atoms with van der Waals surface area (Å²) in [5.41, 5.74) is 8.70. The average Bonchev–Trinajstić information content (AvgIpc) is 2.37. The van der Waals surface area contributed by atoms with Crippen LogP contribution in [0, 0.1) is 0 Å². The maximum absolute atomic E-state index is 5.86. The van der Waals surface area contributed by atoms with Crippen LogP contribution in [0.2, 0.25) is 0 Å². The number of nitrogens with zero attached hydrogens (tertiary/aromatic N) is 2. The van der Waals surface area contributed by atoms with Gasteiger partial charge in [0, 0.05) is 13.2 Å². The molecule has 0 aromatic carbocycles. The number of anilines is 1. The molecule has 19 heavy (non-hydrogen) atoms. The van der Waals surface area contributed by atoms with Crippen molar-refractivity contribution in [3.05, 3.63) is 16.8 Å². The second kappa shape index (κ2) is 7.35. The van der Waals surface area contributed by atoms with E-state index in [9.17, 15) is 0 Å². The van der Waals surface area contributed by atoms with Crippen LogP contribution in [0.3, 0.4) is 0 Å². The van der Waals surface area contributed by atoms with Gasteiger partial charge >= 0.3 is 0 Å². The Hall–Kier alpha value is -1.27. The molecule has 0 saturated heterocycles. The third-order valence-electron chi connectivity index (χ3n) is 2.89. The Labute approximate surface area is 119 Å². The van der Waals surface area contributed by atoms with Gasteiger partial charge in [-0.15, -0.1) is 5.10 Å². The third kappa shape index (κ3) is 3.84. The zero-order chi connectivity index (χ0) is 14.4. The van der Waals surface area contributed by atoms with Crippen LogP contribution in [-0.4, -0.2) is 34.9 Å². The van der Waals surface area contributed by atoms with Crippen molar-refractivity contribution in [1.82, 2.24) is 10.2 Å². The number of rotatable bonds is 7. The lowest BCUT2D eigenvalue weighted by atomic mass is 10.0. The van der Waals surface area contributed by atoms with Gasteiger partial charge in [0.2, 0.25) is 0 Å². The molecule has 0 saturated carbocycles. The van der Waals surface area contributed by atoms with Crippen molar-refractivity contribution in [3.63, 3.8) is 0 Å². The number of methoxy groups -OCH3 is 1. The van der Waals surface area contributed by atoms with Crippen LogP contribution < -0.4 is 11.1 Å². The highest BCUT2D eigenvalue weighted by Gasteiger charge is 2.17. The lowest BCUT2D eigenvalue weighted by molar-refractivity contribution is 0.190. The van der Waals surface area contributed by atoms with Crippen LogP contribution >= 0.6 is 12.2 Å². The molecule has 0 aliphatic rings. The van der Waals surface area contributed by atoms with Gasteiger partial charge in [0.15, 0.2) is 5.82 Å². The summed E-state index contributed by atoms with van der Waals surface area (Å²) in [6.07, 6.45) is 1.65. The molecule has 1 aromatic heterocycles. The highest BCUT2D eigenvalue weighted by Crippen LogP contribution is 2.21. The molecule has 0 bridgehead atoms. The van der Waals surface area contributed by atoms with Gasteiger partial charge in [-0.3, -0.25) is 0 Å². The molecule has 1 aromatic rings. The Morgan fingerprint density at radius 3 is 2.53 bits per heavy atom. The standard InChI is InChI=1S/C13H22N4OS/c1-5-9-10(6-2)16-17-13(11(9)12(14)19)15-8(3)7-18-4/h8H,5-7H2,1-4H3,(H2,14,19)(H,15,17). The largest absolute Gasteiger partial charge is 0.389 e. The maximum atomic E-state index is 5.86. The second-order valence-electron chi connectivity index (χ2n) is 4.42. The van der Waals surface area contributed by atoms with E-state index >= 15 is 0 Å². The van der Waals surface area contributed by atoms with Crippen molar-refractivity contribution in [3.8, 4) is 0 Å². The van der Waals surface area contributed by atoms with Crippen LogP contribution in [0.25, 0.3) is 0 Å².